The molecule has 26 heavy (non-hydrogen) atoms. The van der Waals surface area contributed by atoms with Crippen molar-refractivity contribution in [3.05, 3.63) is 47.0 Å². The molecule has 2 aromatic rings. The number of nitrogens with zero attached hydrogens (tertiary/aromatic N) is 1. The van der Waals surface area contributed by atoms with E-state index in [0.29, 0.717) is 15.8 Å². The van der Waals surface area contributed by atoms with Crippen molar-refractivity contribution < 1.29 is 22.3 Å². The molecule has 0 spiro atoms. The van der Waals surface area contributed by atoms with Crippen molar-refractivity contribution in [3.8, 4) is 11.8 Å². The second-order valence-corrected chi connectivity index (χ2v) is 7.53. The van der Waals surface area contributed by atoms with Gasteiger partial charge in [-0.05, 0) is 30.0 Å². The van der Waals surface area contributed by atoms with E-state index in [1.165, 1.54) is 6.07 Å². The van der Waals surface area contributed by atoms with E-state index in [1.807, 2.05) is 0 Å². The summed E-state index contributed by atoms with van der Waals surface area (Å²) in [5.74, 6) is 4.57. The first-order chi connectivity index (χ1) is 12.3. The molecule has 2 amide bonds. The molecule has 0 fully saturated rings. The Morgan fingerprint density at radius 1 is 1.08 bits per heavy atom. The maximum absolute atomic E-state index is 12.6. The number of unbranched alkanes of at least 4 members (excludes halogenated alkanes) is 2. The maximum atomic E-state index is 12.6. The second kappa shape index (κ2) is 6.90. The van der Waals surface area contributed by atoms with Gasteiger partial charge in [0.1, 0.15) is 0 Å². The monoisotopic (exact) mass is 371 g/mol. The summed E-state index contributed by atoms with van der Waals surface area (Å²) in [7, 11) is -4.02. The van der Waals surface area contributed by atoms with Gasteiger partial charge in [0.2, 0.25) is 0 Å². The van der Waals surface area contributed by atoms with Crippen molar-refractivity contribution in [2.45, 2.75) is 26.2 Å². The Morgan fingerprint density at radius 3 is 2.42 bits per heavy atom. The normalized spacial score (nSPS) is 13.7. The van der Waals surface area contributed by atoms with Crippen LogP contribution < -0.4 is 0 Å². The predicted molar refractivity (Wildman–Crippen MR) is 96.8 cm³/mol. The van der Waals surface area contributed by atoms with Gasteiger partial charge in [0.15, 0.2) is 0 Å². The lowest BCUT2D eigenvalue weighted by atomic mass is 9.92. The van der Waals surface area contributed by atoms with E-state index >= 15 is 0 Å². The Hall–Kier alpha value is -2.69. The number of hydrogen-bond acceptors (Lipinski definition) is 5. The molecule has 0 aliphatic carbocycles. The molecule has 7 heteroatoms. The fraction of sp³-hybridized carbons (Fsp3) is 0.263. The van der Waals surface area contributed by atoms with E-state index < -0.39 is 21.9 Å². The van der Waals surface area contributed by atoms with Crippen LogP contribution >= 0.6 is 0 Å². The Balaban J connectivity index is 2.14. The first-order valence-corrected chi connectivity index (χ1v) is 9.98. The van der Waals surface area contributed by atoms with Gasteiger partial charge in [-0.3, -0.25) is 9.59 Å². The van der Waals surface area contributed by atoms with Crippen LogP contribution in [0.15, 0.2) is 30.3 Å². The van der Waals surface area contributed by atoms with Crippen LogP contribution in [0, 0.1) is 11.8 Å². The zero-order valence-corrected chi connectivity index (χ0v) is 15.2. The molecular formula is C19H17NO5S. The lowest BCUT2D eigenvalue weighted by Crippen LogP contribution is -2.41. The number of imide groups is 1. The van der Waals surface area contributed by atoms with E-state index in [0.717, 1.165) is 31.1 Å². The van der Waals surface area contributed by atoms with Gasteiger partial charge in [-0.1, -0.05) is 37.3 Å². The third kappa shape index (κ3) is 3.34. The van der Waals surface area contributed by atoms with Crippen LogP contribution in [0.25, 0.3) is 10.8 Å². The first kappa shape index (κ1) is 18.1. The van der Waals surface area contributed by atoms with Crippen LogP contribution in [-0.4, -0.2) is 31.6 Å². The van der Waals surface area contributed by atoms with E-state index in [9.17, 15) is 18.0 Å². The fourth-order valence-electron chi connectivity index (χ4n) is 2.81. The average molecular weight is 371 g/mol. The van der Waals surface area contributed by atoms with Gasteiger partial charge in [0.05, 0.1) is 17.4 Å². The maximum Gasteiger partial charge on any atom is 0.286 e. The zero-order chi connectivity index (χ0) is 18.9. The van der Waals surface area contributed by atoms with Crippen molar-refractivity contribution >= 4 is 32.7 Å². The quantitative estimate of drug-likeness (QED) is 0.469. The van der Waals surface area contributed by atoms with Crippen molar-refractivity contribution in [1.29, 1.82) is 0 Å². The third-order valence-electron chi connectivity index (χ3n) is 3.96. The number of hydrogen-bond donors (Lipinski definition) is 0. The highest BCUT2D eigenvalue weighted by Gasteiger charge is 2.36. The minimum Gasteiger partial charge on any atom is -0.266 e. The molecule has 0 radical (unpaired) electrons. The summed E-state index contributed by atoms with van der Waals surface area (Å²) in [6.07, 6.45) is 3.60. The smallest absolute Gasteiger partial charge is 0.266 e. The number of amides is 2. The molecule has 2 aromatic carbocycles. The third-order valence-corrected chi connectivity index (χ3v) is 4.38. The minimum absolute atomic E-state index is 0.206. The predicted octanol–water partition coefficient (Wildman–Crippen LogP) is 2.87. The molecule has 0 N–H and O–H groups in total. The van der Waals surface area contributed by atoms with Gasteiger partial charge in [-0.2, -0.15) is 8.42 Å². The molecule has 1 aliphatic heterocycles. The van der Waals surface area contributed by atoms with Gasteiger partial charge in [0.25, 0.3) is 21.9 Å². The van der Waals surface area contributed by atoms with E-state index in [1.54, 1.807) is 24.3 Å². The molecular weight excluding hydrogens is 354 g/mol. The summed E-state index contributed by atoms with van der Waals surface area (Å²) in [5, 5.41) is 1.45. The van der Waals surface area contributed by atoms with Gasteiger partial charge in [-0.25, -0.2) is 0 Å². The van der Waals surface area contributed by atoms with Crippen LogP contribution in [-0.2, 0) is 14.4 Å². The SMILES string of the molecule is CCCCC#Cc1ccc2c3c(cccc13)C(=O)N(OS(C)(=O)=O)C2=O. The van der Waals surface area contributed by atoms with Gasteiger partial charge in [-0.15, -0.1) is 9.35 Å². The molecule has 134 valence electrons. The highest BCUT2D eigenvalue weighted by atomic mass is 32.2. The topological polar surface area (TPSA) is 80.8 Å². The van der Waals surface area contributed by atoms with Crippen molar-refractivity contribution in [1.82, 2.24) is 5.06 Å². The number of rotatable bonds is 4. The molecule has 0 atom stereocenters. The van der Waals surface area contributed by atoms with E-state index in [2.05, 4.69) is 23.0 Å². The molecule has 0 unspecified atom stereocenters. The summed E-state index contributed by atoms with van der Waals surface area (Å²) in [5.41, 5.74) is 1.13. The Labute approximate surface area is 151 Å². The summed E-state index contributed by atoms with van der Waals surface area (Å²) in [6, 6.07) is 8.24. The molecule has 3 rings (SSSR count). The van der Waals surface area contributed by atoms with Crippen molar-refractivity contribution in [2.75, 3.05) is 6.26 Å². The van der Waals surface area contributed by atoms with Crippen molar-refractivity contribution in [2.24, 2.45) is 0 Å². The van der Waals surface area contributed by atoms with Gasteiger partial charge in [0, 0.05) is 17.4 Å². The molecule has 0 saturated carbocycles. The Bertz CT molecular complexity index is 1050. The molecule has 6 nitrogen and oxygen atoms in total. The van der Waals surface area contributed by atoms with Gasteiger partial charge >= 0.3 is 0 Å². The first-order valence-electron chi connectivity index (χ1n) is 8.16. The van der Waals surface area contributed by atoms with Crippen LogP contribution in [0.1, 0.15) is 52.5 Å². The Morgan fingerprint density at radius 2 is 1.77 bits per heavy atom. The average Bonchev–Trinajstić information content (AvgIpc) is 2.60. The van der Waals surface area contributed by atoms with Gasteiger partial charge < -0.3 is 0 Å². The fourth-order valence-corrected chi connectivity index (χ4v) is 3.22. The minimum atomic E-state index is -4.02. The largest absolute Gasteiger partial charge is 0.286 e. The Kier molecular flexibility index (Phi) is 4.81. The van der Waals surface area contributed by atoms with Crippen LogP contribution in [0.2, 0.25) is 0 Å². The summed E-state index contributed by atoms with van der Waals surface area (Å²) in [4.78, 5) is 25.2. The second-order valence-electron chi connectivity index (χ2n) is 5.98. The standard InChI is InChI=1S/C19H17NO5S/c1-3-4-5-6-8-13-11-12-16-17-14(13)9-7-10-15(17)18(21)20(19(16)22)25-26(2,23)24/h7,9-12H,3-5H2,1-2H3. The summed E-state index contributed by atoms with van der Waals surface area (Å²) < 4.78 is 27.4. The lowest BCUT2D eigenvalue weighted by molar-refractivity contribution is -0.0149. The van der Waals surface area contributed by atoms with Crippen molar-refractivity contribution in [3.63, 3.8) is 0 Å². The summed E-state index contributed by atoms with van der Waals surface area (Å²) >= 11 is 0. The molecule has 0 bridgehead atoms. The van der Waals surface area contributed by atoms with Crippen LogP contribution in [0.5, 0.6) is 0 Å². The molecule has 0 aromatic heterocycles. The molecule has 1 aliphatic rings. The van der Waals surface area contributed by atoms with E-state index in [4.69, 9.17) is 0 Å². The summed E-state index contributed by atoms with van der Waals surface area (Å²) in [6.45, 7) is 2.09. The highest BCUT2D eigenvalue weighted by molar-refractivity contribution is 7.85. The number of carbonyl (C=O) groups is 2. The lowest BCUT2D eigenvalue weighted by Gasteiger charge is -2.25. The highest BCUT2D eigenvalue weighted by Crippen LogP contribution is 2.32. The van der Waals surface area contributed by atoms with Crippen LogP contribution in [0.4, 0.5) is 0 Å². The zero-order valence-electron chi connectivity index (χ0n) is 14.4. The molecule has 0 saturated heterocycles. The number of benzene rings is 2. The number of carbonyl (C=O) groups excluding carboxylic acids is 2. The van der Waals surface area contributed by atoms with E-state index in [-0.39, 0.29) is 11.1 Å². The van der Waals surface area contributed by atoms with Crippen LogP contribution in [0.3, 0.4) is 0 Å². The molecule has 1 heterocycles. The number of hydroxylamine groups is 2.